The Morgan fingerprint density at radius 2 is 2.04 bits per heavy atom. The Labute approximate surface area is 135 Å². The maximum atomic E-state index is 13.7. The highest BCUT2D eigenvalue weighted by Gasteiger charge is 2.22. The molecule has 124 valence electrons. The fourth-order valence-corrected chi connectivity index (χ4v) is 3.22. The lowest BCUT2D eigenvalue weighted by molar-refractivity contribution is 0.0996. The lowest BCUT2D eigenvalue weighted by atomic mass is 10.2. The molecule has 1 amide bonds. The van der Waals surface area contributed by atoms with Crippen LogP contribution in [0.2, 0.25) is 0 Å². The van der Waals surface area contributed by atoms with Crippen LogP contribution in [-0.4, -0.2) is 29.4 Å². The number of carbonyl (C=O) groups is 1. The molecule has 0 saturated heterocycles. The summed E-state index contributed by atoms with van der Waals surface area (Å²) in [5.74, 6) is -3.42. The van der Waals surface area contributed by atoms with E-state index in [0.29, 0.717) is 17.1 Å². The first-order valence-corrected chi connectivity index (χ1v) is 8.04. The smallest absolute Gasteiger partial charge is 0.262 e. The van der Waals surface area contributed by atoms with Crippen molar-refractivity contribution in [3.63, 3.8) is 0 Å². The normalized spacial score (nSPS) is 11.5. The van der Waals surface area contributed by atoms with Gasteiger partial charge in [-0.3, -0.25) is 9.52 Å². The zero-order valence-corrected chi connectivity index (χ0v) is 12.8. The standard InChI is InChI=1S/C14H11FN4O4S/c15-10-5-8(4-9(13(10)20)14(16)21)24(22,23)19-7-1-2-11-12(3-7)18-6-17-11/h1-6,19-20H,(H2,16,21)(H,17,18). The summed E-state index contributed by atoms with van der Waals surface area (Å²) in [4.78, 5) is 17.5. The van der Waals surface area contributed by atoms with Crippen molar-refractivity contribution >= 4 is 32.7 Å². The van der Waals surface area contributed by atoms with Gasteiger partial charge in [0.05, 0.1) is 33.5 Å². The minimum Gasteiger partial charge on any atom is -0.504 e. The van der Waals surface area contributed by atoms with E-state index < -0.39 is 38.0 Å². The highest BCUT2D eigenvalue weighted by molar-refractivity contribution is 7.92. The number of hydrogen-bond donors (Lipinski definition) is 4. The first-order valence-electron chi connectivity index (χ1n) is 6.56. The highest BCUT2D eigenvalue weighted by Crippen LogP contribution is 2.27. The average molecular weight is 350 g/mol. The van der Waals surface area contributed by atoms with Gasteiger partial charge < -0.3 is 15.8 Å². The summed E-state index contributed by atoms with van der Waals surface area (Å²) in [5, 5.41) is 9.44. The number of fused-ring (bicyclic) bond motifs is 1. The number of imidazole rings is 1. The minimum atomic E-state index is -4.20. The number of sulfonamides is 1. The lowest BCUT2D eigenvalue weighted by Crippen LogP contribution is -2.16. The summed E-state index contributed by atoms with van der Waals surface area (Å²) in [6, 6.07) is 5.98. The van der Waals surface area contributed by atoms with Gasteiger partial charge in [0.15, 0.2) is 11.6 Å². The first kappa shape index (κ1) is 15.7. The lowest BCUT2D eigenvalue weighted by Gasteiger charge is -2.10. The number of primary amides is 1. The van der Waals surface area contributed by atoms with Crippen molar-refractivity contribution in [3.8, 4) is 5.75 Å². The van der Waals surface area contributed by atoms with Gasteiger partial charge in [0.1, 0.15) is 0 Å². The van der Waals surface area contributed by atoms with Gasteiger partial charge in [-0.1, -0.05) is 0 Å². The van der Waals surface area contributed by atoms with Gasteiger partial charge in [-0.25, -0.2) is 17.8 Å². The topological polar surface area (TPSA) is 138 Å². The maximum Gasteiger partial charge on any atom is 0.262 e. The van der Waals surface area contributed by atoms with Crippen LogP contribution >= 0.6 is 0 Å². The number of rotatable bonds is 4. The van der Waals surface area contributed by atoms with Gasteiger partial charge in [0.2, 0.25) is 0 Å². The number of nitrogens with one attached hydrogen (secondary N) is 2. The third kappa shape index (κ3) is 2.74. The van der Waals surface area contributed by atoms with Crippen molar-refractivity contribution in [2.45, 2.75) is 4.90 Å². The predicted molar refractivity (Wildman–Crippen MR) is 83.5 cm³/mol. The zero-order valence-electron chi connectivity index (χ0n) is 11.9. The van der Waals surface area contributed by atoms with Crippen molar-refractivity contribution in [1.29, 1.82) is 0 Å². The number of amides is 1. The van der Waals surface area contributed by atoms with E-state index >= 15 is 0 Å². The number of halogens is 1. The van der Waals surface area contributed by atoms with Crippen LogP contribution in [0.5, 0.6) is 5.75 Å². The molecule has 3 rings (SSSR count). The molecular weight excluding hydrogens is 339 g/mol. The van der Waals surface area contributed by atoms with Gasteiger partial charge >= 0.3 is 0 Å². The molecule has 0 unspecified atom stereocenters. The molecule has 10 heteroatoms. The third-order valence-corrected chi connectivity index (χ3v) is 4.65. The molecule has 5 N–H and O–H groups in total. The summed E-state index contributed by atoms with van der Waals surface area (Å²) in [6.07, 6.45) is 1.46. The number of nitrogens with two attached hydrogens (primary N) is 1. The molecule has 0 bridgehead atoms. The molecule has 2 aromatic carbocycles. The van der Waals surface area contributed by atoms with Crippen LogP contribution in [0.4, 0.5) is 10.1 Å². The van der Waals surface area contributed by atoms with Crippen LogP contribution < -0.4 is 10.5 Å². The SMILES string of the molecule is NC(=O)c1cc(S(=O)(=O)Nc2ccc3nc[nH]c3c2)cc(F)c1O. The van der Waals surface area contributed by atoms with Crippen LogP contribution in [0.1, 0.15) is 10.4 Å². The molecule has 24 heavy (non-hydrogen) atoms. The third-order valence-electron chi connectivity index (χ3n) is 3.29. The van der Waals surface area contributed by atoms with Gasteiger partial charge in [0, 0.05) is 0 Å². The Bertz CT molecular complexity index is 1060. The number of aromatic hydroxyl groups is 1. The predicted octanol–water partition coefficient (Wildman–Crippen LogP) is 1.31. The fourth-order valence-electron chi connectivity index (χ4n) is 2.13. The number of aromatic nitrogens is 2. The summed E-state index contributed by atoms with van der Waals surface area (Å²) < 4.78 is 40.7. The van der Waals surface area contributed by atoms with E-state index in [0.717, 1.165) is 6.07 Å². The van der Waals surface area contributed by atoms with Crippen molar-refractivity contribution < 1.29 is 22.7 Å². The van der Waals surface area contributed by atoms with E-state index in [4.69, 9.17) is 5.73 Å². The number of anilines is 1. The van der Waals surface area contributed by atoms with Crippen molar-refractivity contribution in [3.05, 3.63) is 48.0 Å². The van der Waals surface area contributed by atoms with Crippen molar-refractivity contribution in [2.24, 2.45) is 5.73 Å². The van der Waals surface area contributed by atoms with E-state index in [1.165, 1.54) is 18.5 Å². The zero-order chi connectivity index (χ0) is 17.5. The Balaban J connectivity index is 2.02. The average Bonchev–Trinajstić information content (AvgIpc) is 2.96. The molecule has 0 spiro atoms. The molecule has 0 saturated carbocycles. The largest absolute Gasteiger partial charge is 0.504 e. The molecule has 0 atom stereocenters. The molecule has 0 aliphatic heterocycles. The Kier molecular flexibility index (Phi) is 3.60. The summed E-state index contributed by atoms with van der Waals surface area (Å²) in [7, 11) is -4.20. The number of phenols is 1. The van der Waals surface area contributed by atoms with Crippen molar-refractivity contribution in [2.75, 3.05) is 4.72 Å². The number of benzene rings is 2. The fraction of sp³-hybridized carbons (Fsp3) is 0. The molecule has 0 fully saturated rings. The van der Waals surface area contributed by atoms with Gasteiger partial charge in [0.25, 0.3) is 15.9 Å². The second kappa shape index (κ2) is 5.49. The molecular formula is C14H11FN4O4S. The quantitative estimate of drug-likeness (QED) is 0.562. The summed E-state index contributed by atoms with van der Waals surface area (Å²) in [6.45, 7) is 0. The number of H-pyrrole nitrogens is 1. The first-order chi connectivity index (χ1) is 11.3. The second-order valence-electron chi connectivity index (χ2n) is 4.91. The molecule has 0 aliphatic carbocycles. The molecule has 0 radical (unpaired) electrons. The van der Waals surface area contributed by atoms with Crippen LogP contribution in [0.15, 0.2) is 41.6 Å². The number of carbonyl (C=O) groups excluding carboxylic acids is 1. The van der Waals surface area contributed by atoms with E-state index in [1.807, 2.05) is 0 Å². The molecule has 8 nitrogen and oxygen atoms in total. The van der Waals surface area contributed by atoms with Gasteiger partial charge in [-0.15, -0.1) is 0 Å². The minimum absolute atomic E-state index is 0.209. The van der Waals surface area contributed by atoms with Crippen molar-refractivity contribution in [1.82, 2.24) is 9.97 Å². The number of aromatic amines is 1. The van der Waals surface area contributed by atoms with E-state index in [2.05, 4.69) is 14.7 Å². The highest BCUT2D eigenvalue weighted by atomic mass is 32.2. The van der Waals surface area contributed by atoms with Crippen LogP contribution in [0, 0.1) is 5.82 Å². The Hall–Kier alpha value is -3.14. The number of nitrogens with zero attached hydrogens (tertiary/aromatic N) is 1. The molecule has 1 aromatic heterocycles. The monoisotopic (exact) mass is 350 g/mol. The maximum absolute atomic E-state index is 13.7. The molecule has 3 aromatic rings. The van der Waals surface area contributed by atoms with Gasteiger partial charge in [-0.2, -0.15) is 0 Å². The van der Waals surface area contributed by atoms with Crippen LogP contribution in [0.3, 0.4) is 0 Å². The number of hydrogen-bond acceptors (Lipinski definition) is 5. The molecule has 0 aliphatic rings. The Morgan fingerprint density at radius 3 is 2.75 bits per heavy atom. The van der Waals surface area contributed by atoms with Crippen LogP contribution in [-0.2, 0) is 10.0 Å². The summed E-state index contributed by atoms with van der Waals surface area (Å²) in [5.41, 5.74) is 5.84. The van der Waals surface area contributed by atoms with E-state index in [9.17, 15) is 22.7 Å². The van der Waals surface area contributed by atoms with E-state index in [1.54, 1.807) is 6.07 Å². The Morgan fingerprint density at radius 1 is 1.29 bits per heavy atom. The van der Waals surface area contributed by atoms with Crippen LogP contribution in [0.25, 0.3) is 11.0 Å². The second-order valence-corrected chi connectivity index (χ2v) is 6.59. The molecule has 1 heterocycles. The summed E-state index contributed by atoms with van der Waals surface area (Å²) >= 11 is 0. The van der Waals surface area contributed by atoms with Gasteiger partial charge in [-0.05, 0) is 30.3 Å². The van der Waals surface area contributed by atoms with E-state index in [-0.39, 0.29) is 5.69 Å².